The Bertz CT molecular complexity index is 1060. The number of carbonyl (C=O) groups excluding carboxylic acids is 1. The highest BCUT2D eigenvalue weighted by Gasteiger charge is 2.26. The first kappa shape index (κ1) is 17.8. The third-order valence-corrected chi connectivity index (χ3v) is 6.07. The second-order valence-electron chi connectivity index (χ2n) is 6.57. The van der Waals surface area contributed by atoms with Crippen LogP contribution in [0.3, 0.4) is 0 Å². The first-order chi connectivity index (χ1) is 13.2. The summed E-state index contributed by atoms with van der Waals surface area (Å²) in [5.74, 6) is 0.906. The molecule has 1 fully saturated rings. The number of hydrogen-bond donors (Lipinski definition) is 0. The monoisotopic (exact) mass is 380 g/mol. The number of methoxy groups -OCH3 is 1. The van der Waals surface area contributed by atoms with Crippen molar-refractivity contribution in [3.05, 3.63) is 58.9 Å². The highest BCUT2D eigenvalue weighted by atomic mass is 32.2. The number of thioether (sulfide) groups is 1. The Morgan fingerprint density at radius 1 is 1.11 bits per heavy atom. The van der Waals surface area contributed by atoms with E-state index in [1.807, 2.05) is 42.5 Å². The van der Waals surface area contributed by atoms with Crippen molar-refractivity contribution in [3.63, 3.8) is 0 Å². The van der Waals surface area contributed by atoms with Gasteiger partial charge >= 0.3 is 0 Å². The van der Waals surface area contributed by atoms with Crippen molar-refractivity contribution >= 4 is 28.4 Å². The number of para-hydroxylation sites is 1. The van der Waals surface area contributed by atoms with E-state index in [2.05, 4.69) is 0 Å². The average molecular weight is 380 g/mol. The molecule has 0 unspecified atom stereocenters. The first-order valence-electron chi connectivity index (χ1n) is 9.03. The van der Waals surface area contributed by atoms with Crippen LogP contribution in [0.25, 0.3) is 16.6 Å². The summed E-state index contributed by atoms with van der Waals surface area (Å²) in [5, 5.41) is 0.954. The van der Waals surface area contributed by atoms with Gasteiger partial charge in [-0.25, -0.2) is 4.98 Å². The summed E-state index contributed by atoms with van der Waals surface area (Å²) in [6.45, 7) is 0. The predicted molar refractivity (Wildman–Crippen MR) is 107 cm³/mol. The fourth-order valence-corrected chi connectivity index (χ4v) is 4.60. The minimum absolute atomic E-state index is 0.139. The van der Waals surface area contributed by atoms with Crippen LogP contribution in [-0.2, 0) is 4.79 Å². The second kappa shape index (κ2) is 7.56. The summed E-state index contributed by atoms with van der Waals surface area (Å²) in [7, 11) is 1.59. The lowest BCUT2D eigenvalue weighted by Gasteiger charge is -2.21. The number of nitrogens with zero attached hydrogens (tertiary/aromatic N) is 2. The number of ketones is 1. The molecule has 0 spiro atoms. The average Bonchev–Trinajstić information content (AvgIpc) is 2.70. The van der Waals surface area contributed by atoms with E-state index >= 15 is 0 Å². The van der Waals surface area contributed by atoms with Crippen LogP contribution in [0, 0.1) is 0 Å². The molecule has 0 aliphatic heterocycles. The predicted octanol–water partition coefficient (Wildman–Crippen LogP) is 4.00. The smallest absolute Gasteiger partial charge is 0.266 e. The first-order valence-corrected chi connectivity index (χ1v) is 9.91. The van der Waals surface area contributed by atoms with E-state index in [1.54, 1.807) is 17.7 Å². The highest BCUT2D eigenvalue weighted by molar-refractivity contribution is 8.00. The Morgan fingerprint density at radius 3 is 2.78 bits per heavy atom. The normalized spacial score (nSPS) is 17.2. The van der Waals surface area contributed by atoms with Crippen LogP contribution in [-0.4, -0.2) is 27.7 Å². The molecule has 2 aromatic carbocycles. The van der Waals surface area contributed by atoms with Gasteiger partial charge in [0.05, 0.1) is 29.0 Å². The van der Waals surface area contributed by atoms with Crippen LogP contribution in [0.5, 0.6) is 5.75 Å². The highest BCUT2D eigenvalue weighted by Crippen LogP contribution is 2.32. The van der Waals surface area contributed by atoms with Gasteiger partial charge in [-0.3, -0.25) is 14.2 Å². The molecule has 1 heterocycles. The molecule has 3 aromatic rings. The molecule has 0 saturated heterocycles. The maximum atomic E-state index is 13.3. The van der Waals surface area contributed by atoms with E-state index in [0.29, 0.717) is 33.9 Å². The molecule has 0 N–H and O–H groups in total. The molecule has 6 heteroatoms. The van der Waals surface area contributed by atoms with Gasteiger partial charge in [-0.05, 0) is 37.1 Å². The van der Waals surface area contributed by atoms with Crippen molar-refractivity contribution in [2.45, 2.75) is 36.1 Å². The van der Waals surface area contributed by atoms with Crippen LogP contribution in [0.15, 0.2) is 58.5 Å². The minimum Gasteiger partial charge on any atom is -0.497 e. The van der Waals surface area contributed by atoms with E-state index in [1.165, 1.54) is 11.8 Å². The van der Waals surface area contributed by atoms with Gasteiger partial charge < -0.3 is 4.74 Å². The van der Waals surface area contributed by atoms with Crippen molar-refractivity contribution < 1.29 is 9.53 Å². The lowest BCUT2D eigenvalue weighted by atomic mass is 9.99. The number of ether oxygens (including phenoxy) is 1. The SMILES string of the molecule is COc1cccc(-n2c(S[C@H]3CCCCC3=O)nc3ccccc3c2=O)c1. The molecule has 0 bridgehead atoms. The maximum absolute atomic E-state index is 13.3. The van der Waals surface area contributed by atoms with Crippen molar-refractivity contribution in [3.8, 4) is 11.4 Å². The number of rotatable bonds is 4. The van der Waals surface area contributed by atoms with Crippen LogP contribution in [0.4, 0.5) is 0 Å². The van der Waals surface area contributed by atoms with Gasteiger partial charge in [0.25, 0.3) is 5.56 Å². The summed E-state index contributed by atoms with van der Waals surface area (Å²) in [6, 6.07) is 14.7. The molecule has 5 nitrogen and oxygen atoms in total. The van der Waals surface area contributed by atoms with Gasteiger partial charge in [0, 0.05) is 12.5 Å². The molecule has 138 valence electrons. The van der Waals surface area contributed by atoms with Crippen molar-refractivity contribution in [1.82, 2.24) is 9.55 Å². The minimum atomic E-state index is -0.149. The van der Waals surface area contributed by atoms with Gasteiger partial charge in [0.2, 0.25) is 0 Å². The van der Waals surface area contributed by atoms with Gasteiger partial charge in [-0.1, -0.05) is 36.4 Å². The van der Waals surface area contributed by atoms with Crippen molar-refractivity contribution in [1.29, 1.82) is 0 Å². The van der Waals surface area contributed by atoms with Crippen LogP contribution in [0.2, 0.25) is 0 Å². The van der Waals surface area contributed by atoms with Gasteiger partial charge in [0.15, 0.2) is 5.16 Å². The zero-order chi connectivity index (χ0) is 18.8. The summed E-state index contributed by atoms with van der Waals surface area (Å²) < 4.78 is 6.91. The van der Waals surface area contributed by atoms with E-state index in [0.717, 1.165) is 19.3 Å². The molecule has 4 rings (SSSR count). The lowest BCUT2D eigenvalue weighted by molar-refractivity contribution is -0.119. The fourth-order valence-electron chi connectivity index (χ4n) is 3.37. The van der Waals surface area contributed by atoms with Crippen LogP contribution >= 0.6 is 11.8 Å². The van der Waals surface area contributed by atoms with Gasteiger partial charge in [0.1, 0.15) is 11.5 Å². The quantitative estimate of drug-likeness (QED) is 0.640. The number of hydrogen-bond acceptors (Lipinski definition) is 5. The van der Waals surface area contributed by atoms with Crippen molar-refractivity contribution in [2.75, 3.05) is 7.11 Å². The van der Waals surface area contributed by atoms with E-state index in [4.69, 9.17) is 9.72 Å². The molecule has 0 amide bonds. The summed E-state index contributed by atoms with van der Waals surface area (Å²) in [6.07, 6.45) is 3.41. The molecular weight excluding hydrogens is 360 g/mol. The third-order valence-electron chi connectivity index (χ3n) is 4.80. The maximum Gasteiger partial charge on any atom is 0.266 e. The standard InChI is InChI=1S/C21H20N2O3S/c1-26-15-8-6-7-14(13-15)23-20(25)16-9-2-3-10-17(16)22-21(23)27-19-12-5-4-11-18(19)24/h2-3,6-10,13,19H,4-5,11-12H2,1H3/t19-/m0/s1. The zero-order valence-electron chi connectivity index (χ0n) is 15.1. The number of carbonyl (C=O) groups is 1. The number of Topliss-reactive ketones (excluding diaryl/α,β-unsaturated/α-hetero) is 1. The molecule has 1 saturated carbocycles. The Balaban J connectivity index is 1.90. The number of aromatic nitrogens is 2. The van der Waals surface area contributed by atoms with E-state index in [9.17, 15) is 9.59 Å². The Hall–Kier alpha value is -2.60. The zero-order valence-corrected chi connectivity index (χ0v) is 15.9. The van der Waals surface area contributed by atoms with Crippen LogP contribution in [0.1, 0.15) is 25.7 Å². The number of fused-ring (bicyclic) bond motifs is 1. The summed E-state index contributed by atoms with van der Waals surface area (Å²) in [5.41, 5.74) is 1.19. The molecule has 0 radical (unpaired) electrons. The summed E-state index contributed by atoms with van der Waals surface area (Å²) >= 11 is 1.40. The Labute approximate surface area is 161 Å². The van der Waals surface area contributed by atoms with E-state index in [-0.39, 0.29) is 16.6 Å². The molecule has 1 atom stereocenters. The largest absolute Gasteiger partial charge is 0.497 e. The molecule has 1 aliphatic rings. The topological polar surface area (TPSA) is 61.2 Å². The lowest BCUT2D eigenvalue weighted by Crippen LogP contribution is -2.26. The summed E-state index contributed by atoms with van der Waals surface area (Å²) in [4.78, 5) is 30.3. The van der Waals surface area contributed by atoms with Crippen molar-refractivity contribution in [2.24, 2.45) is 0 Å². The number of benzene rings is 2. The Kier molecular flexibility index (Phi) is 4.99. The molecular formula is C21H20N2O3S. The second-order valence-corrected chi connectivity index (χ2v) is 7.74. The van der Waals surface area contributed by atoms with Crippen LogP contribution < -0.4 is 10.3 Å². The third kappa shape index (κ3) is 3.49. The van der Waals surface area contributed by atoms with Gasteiger partial charge in [-0.2, -0.15) is 0 Å². The van der Waals surface area contributed by atoms with Gasteiger partial charge in [-0.15, -0.1) is 0 Å². The molecule has 1 aliphatic carbocycles. The van der Waals surface area contributed by atoms with E-state index < -0.39 is 0 Å². The Morgan fingerprint density at radius 2 is 1.96 bits per heavy atom. The molecule has 1 aromatic heterocycles. The molecule has 27 heavy (non-hydrogen) atoms. The fraction of sp³-hybridized carbons (Fsp3) is 0.286.